The Morgan fingerprint density at radius 3 is 2.53 bits per heavy atom. The molecule has 1 heterocycles. The number of aliphatic carboxylic acids is 1. The van der Waals surface area contributed by atoms with Crippen LogP contribution in [0.2, 0.25) is 0 Å². The third kappa shape index (κ3) is 4.70. The first-order chi connectivity index (χ1) is 8.00. The summed E-state index contributed by atoms with van der Waals surface area (Å²) < 4.78 is 5.25. The van der Waals surface area contributed by atoms with Gasteiger partial charge in [-0.2, -0.15) is 0 Å². The molecule has 0 aromatic rings. The molecule has 0 aromatic heterocycles. The lowest BCUT2D eigenvalue weighted by Gasteiger charge is -2.32. The van der Waals surface area contributed by atoms with Crippen molar-refractivity contribution in [2.75, 3.05) is 26.8 Å². The van der Waals surface area contributed by atoms with Gasteiger partial charge < -0.3 is 20.1 Å². The Kier molecular flexibility index (Phi) is 5.37. The molecule has 6 nitrogen and oxygen atoms in total. The second-order valence-corrected chi connectivity index (χ2v) is 4.37. The number of ether oxygens (including phenoxy) is 1. The van der Waals surface area contributed by atoms with Gasteiger partial charge in [0.1, 0.15) is 6.04 Å². The first-order valence-corrected chi connectivity index (χ1v) is 5.78. The number of nitrogens with zero attached hydrogens (tertiary/aromatic N) is 1. The number of likely N-dealkylation sites (N-methyl/N-ethyl adjacent to an activating group) is 1. The summed E-state index contributed by atoms with van der Waals surface area (Å²) in [5.74, 6) is -1.32. The minimum absolute atomic E-state index is 0.319. The Morgan fingerprint density at radius 2 is 2.06 bits per heavy atom. The molecule has 1 atom stereocenters. The molecule has 0 saturated carbocycles. The van der Waals surface area contributed by atoms with Crippen molar-refractivity contribution in [3.8, 4) is 0 Å². The van der Waals surface area contributed by atoms with Gasteiger partial charge >= 0.3 is 5.97 Å². The number of carboxylic acids is 1. The van der Waals surface area contributed by atoms with Gasteiger partial charge in [0.15, 0.2) is 0 Å². The second kappa shape index (κ2) is 6.56. The highest BCUT2D eigenvalue weighted by molar-refractivity contribution is 5.82. The third-order valence-corrected chi connectivity index (χ3v) is 2.96. The molecule has 1 aliphatic heterocycles. The van der Waals surface area contributed by atoms with E-state index in [4.69, 9.17) is 9.84 Å². The SMILES string of the molecule is CC(=O)NC(CN(C)C1CCOCC1)C(=O)O. The van der Waals surface area contributed by atoms with Gasteiger partial charge in [0, 0.05) is 32.7 Å². The smallest absolute Gasteiger partial charge is 0.327 e. The van der Waals surface area contributed by atoms with Crippen LogP contribution >= 0.6 is 0 Å². The quantitative estimate of drug-likeness (QED) is 0.693. The van der Waals surface area contributed by atoms with E-state index in [0.717, 1.165) is 12.8 Å². The molecular formula is C11H20N2O4. The van der Waals surface area contributed by atoms with E-state index in [0.29, 0.717) is 25.8 Å². The molecule has 1 unspecified atom stereocenters. The molecule has 0 bridgehead atoms. The maximum Gasteiger partial charge on any atom is 0.327 e. The first kappa shape index (κ1) is 13.9. The van der Waals surface area contributed by atoms with Crippen LogP contribution in [0, 0.1) is 0 Å². The van der Waals surface area contributed by atoms with Crippen LogP contribution in [0.25, 0.3) is 0 Å². The lowest BCUT2D eigenvalue weighted by molar-refractivity contribution is -0.142. The average molecular weight is 244 g/mol. The highest BCUT2D eigenvalue weighted by Crippen LogP contribution is 2.12. The van der Waals surface area contributed by atoms with Crippen molar-refractivity contribution >= 4 is 11.9 Å². The minimum Gasteiger partial charge on any atom is -0.480 e. The topological polar surface area (TPSA) is 78.9 Å². The molecule has 0 aliphatic carbocycles. The zero-order chi connectivity index (χ0) is 12.8. The van der Waals surface area contributed by atoms with Gasteiger partial charge in [-0.25, -0.2) is 4.79 Å². The van der Waals surface area contributed by atoms with Gasteiger partial charge in [-0.1, -0.05) is 0 Å². The van der Waals surface area contributed by atoms with Crippen LogP contribution in [0.15, 0.2) is 0 Å². The molecule has 0 aromatic carbocycles. The van der Waals surface area contributed by atoms with Crippen LogP contribution in [0.1, 0.15) is 19.8 Å². The normalized spacial score (nSPS) is 19.0. The summed E-state index contributed by atoms with van der Waals surface area (Å²) >= 11 is 0. The van der Waals surface area contributed by atoms with Crippen molar-refractivity contribution in [2.45, 2.75) is 31.8 Å². The molecule has 1 rings (SSSR count). The summed E-state index contributed by atoms with van der Waals surface area (Å²) in [6, 6.07) is -0.514. The highest BCUT2D eigenvalue weighted by Gasteiger charge is 2.25. The number of carboxylic acid groups (broad SMARTS) is 1. The summed E-state index contributed by atoms with van der Waals surface area (Å²) in [5.41, 5.74) is 0. The van der Waals surface area contributed by atoms with Crippen LogP contribution in [-0.4, -0.2) is 60.8 Å². The van der Waals surface area contributed by atoms with E-state index in [1.807, 2.05) is 11.9 Å². The van der Waals surface area contributed by atoms with Crippen molar-refractivity contribution in [2.24, 2.45) is 0 Å². The van der Waals surface area contributed by atoms with Gasteiger partial charge in [0.25, 0.3) is 0 Å². The Balaban J connectivity index is 2.47. The van der Waals surface area contributed by atoms with Crippen molar-refractivity contribution in [3.63, 3.8) is 0 Å². The molecule has 1 saturated heterocycles. The molecule has 6 heteroatoms. The van der Waals surface area contributed by atoms with Gasteiger partial charge in [0.05, 0.1) is 0 Å². The molecule has 2 N–H and O–H groups in total. The monoisotopic (exact) mass is 244 g/mol. The first-order valence-electron chi connectivity index (χ1n) is 5.78. The van der Waals surface area contributed by atoms with Crippen molar-refractivity contribution in [3.05, 3.63) is 0 Å². The van der Waals surface area contributed by atoms with Crippen LogP contribution < -0.4 is 5.32 Å². The lowest BCUT2D eigenvalue weighted by Crippen LogP contribution is -2.50. The fourth-order valence-corrected chi connectivity index (χ4v) is 1.99. The van der Waals surface area contributed by atoms with Crippen LogP contribution in [0.5, 0.6) is 0 Å². The number of carbonyl (C=O) groups excluding carboxylic acids is 1. The highest BCUT2D eigenvalue weighted by atomic mass is 16.5. The lowest BCUT2D eigenvalue weighted by atomic mass is 10.1. The number of hydrogen-bond acceptors (Lipinski definition) is 4. The molecular weight excluding hydrogens is 224 g/mol. The molecule has 17 heavy (non-hydrogen) atoms. The Bertz CT molecular complexity index is 277. The van der Waals surface area contributed by atoms with Crippen molar-refractivity contribution < 1.29 is 19.4 Å². The van der Waals surface area contributed by atoms with E-state index < -0.39 is 12.0 Å². The van der Waals surface area contributed by atoms with E-state index in [-0.39, 0.29) is 5.91 Å². The summed E-state index contributed by atoms with van der Waals surface area (Å²) in [4.78, 5) is 23.9. The number of rotatable bonds is 5. The molecule has 98 valence electrons. The van der Waals surface area contributed by atoms with Crippen LogP contribution in [0.3, 0.4) is 0 Å². The summed E-state index contributed by atoms with van der Waals surface area (Å²) in [6.07, 6.45) is 1.81. The van der Waals surface area contributed by atoms with Crippen molar-refractivity contribution in [1.82, 2.24) is 10.2 Å². The summed E-state index contributed by atoms with van der Waals surface area (Å²) in [7, 11) is 1.88. The average Bonchev–Trinajstić information content (AvgIpc) is 2.28. The fourth-order valence-electron chi connectivity index (χ4n) is 1.99. The zero-order valence-electron chi connectivity index (χ0n) is 10.3. The predicted molar refractivity (Wildman–Crippen MR) is 61.7 cm³/mol. The maximum absolute atomic E-state index is 11.0. The summed E-state index contributed by atoms with van der Waals surface area (Å²) in [6.45, 7) is 3.07. The van der Waals surface area contributed by atoms with Crippen LogP contribution in [-0.2, 0) is 14.3 Å². The fraction of sp³-hybridized carbons (Fsp3) is 0.818. The van der Waals surface area contributed by atoms with Crippen molar-refractivity contribution in [1.29, 1.82) is 0 Å². The number of hydrogen-bond donors (Lipinski definition) is 2. The predicted octanol–water partition coefficient (Wildman–Crippen LogP) is -0.313. The van der Waals surface area contributed by atoms with E-state index in [9.17, 15) is 9.59 Å². The van der Waals surface area contributed by atoms with Crippen LogP contribution in [0.4, 0.5) is 0 Å². The minimum atomic E-state index is -1.00. The Hall–Kier alpha value is -1.14. The van der Waals surface area contributed by atoms with E-state index in [1.54, 1.807) is 0 Å². The second-order valence-electron chi connectivity index (χ2n) is 4.37. The van der Waals surface area contributed by atoms with Gasteiger partial charge in [-0.15, -0.1) is 0 Å². The van der Waals surface area contributed by atoms with E-state index in [2.05, 4.69) is 5.32 Å². The zero-order valence-corrected chi connectivity index (χ0v) is 10.3. The maximum atomic E-state index is 11.0. The molecule has 0 radical (unpaired) electrons. The largest absolute Gasteiger partial charge is 0.480 e. The molecule has 1 amide bonds. The van der Waals surface area contributed by atoms with Gasteiger partial charge in [-0.3, -0.25) is 4.79 Å². The molecule has 1 fully saturated rings. The number of amides is 1. The van der Waals surface area contributed by atoms with Gasteiger partial charge in [0.2, 0.25) is 5.91 Å². The van der Waals surface area contributed by atoms with E-state index >= 15 is 0 Å². The number of nitrogens with one attached hydrogen (secondary N) is 1. The van der Waals surface area contributed by atoms with E-state index in [1.165, 1.54) is 6.92 Å². The Labute approximate surface area is 101 Å². The molecule has 0 spiro atoms. The molecule has 1 aliphatic rings. The standard InChI is InChI=1S/C11H20N2O4/c1-8(14)12-10(11(15)16)7-13(2)9-3-5-17-6-4-9/h9-10H,3-7H2,1-2H3,(H,12,14)(H,15,16). The summed E-state index contributed by atoms with van der Waals surface area (Å²) in [5, 5.41) is 11.4. The number of carbonyl (C=O) groups is 2. The van der Waals surface area contributed by atoms with Gasteiger partial charge in [-0.05, 0) is 19.9 Å². The Morgan fingerprint density at radius 1 is 1.47 bits per heavy atom. The third-order valence-electron chi connectivity index (χ3n) is 2.96.